The van der Waals surface area contributed by atoms with Crippen molar-refractivity contribution in [1.29, 1.82) is 0 Å². The summed E-state index contributed by atoms with van der Waals surface area (Å²) in [6.45, 7) is 5.02. The first-order valence-corrected chi connectivity index (χ1v) is 6.11. The predicted octanol–water partition coefficient (Wildman–Crippen LogP) is -0.310. The monoisotopic (exact) mass is 263 g/mol. The Bertz CT molecular complexity index is 247. The lowest BCUT2D eigenvalue weighted by atomic mass is 10.2. The average Bonchev–Trinajstić information content (AvgIpc) is 2.77. The van der Waals surface area contributed by atoms with E-state index in [-0.39, 0.29) is 18.3 Å². The molecule has 5 nitrogen and oxygen atoms in total. The zero-order valence-electron chi connectivity index (χ0n) is 10.1. The van der Waals surface area contributed by atoms with Crippen LogP contribution in [0.5, 0.6) is 0 Å². The summed E-state index contributed by atoms with van der Waals surface area (Å²) in [6, 6.07) is 0.407. The molecule has 0 aromatic rings. The number of morpholine rings is 1. The minimum Gasteiger partial charge on any atom is -0.378 e. The van der Waals surface area contributed by atoms with Gasteiger partial charge in [-0.05, 0) is 19.4 Å². The van der Waals surface area contributed by atoms with Crippen LogP contribution >= 0.6 is 12.4 Å². The van der Waals surface area contributed by atoms with E-state index in [1.165, 1.54) is 0 Å². The van der Waals surface area contributed by atoms with Gasteiger partial charge in [0.1, 0.15) is 0 Å². The van der Waals surface area contributed by atoms with Crippen molar-refractivity contribution in [1.82, 2.24) is 9.80 Å². The van der Waals surface area contributed by atoms with Crippen LogP contribution in [0.25, 0.3) is 0 Å². The zero-order valence-corrected chi connectivity index (χ0v) is 11.0. The van der Waals surface area contributed by atoms with Crippen molar-refractivity contribution in [3.05, 3.63) is 0 Å². The van der Waals surface area contributed by atoms with Gasteiger partial charge in [0.25, 0.3) is 0 Å². The number of likely N-dealkylation sites (tertiary alicyclic amines) is 1. The Morgan fingerprint density at radius 3 is 2.65 bits per heavy atom. The van der Waals surface area contributed by atoms with Gasteiger partial charge in [0.05, 0.1) is 19.8 Å². The molecular formula is C11H22ClN3O2. The zero-order chi connectivity index (χ0) is 11.4. The molecule has 0 aliphatic carbocycles. The quantitative estimate of drug-likeness (QED) is 0.759. The van der Waals surface area contributed by atoms with Gasteiger partial charge in [0.2, 0.25) is 5.91 Å². The highest BCUT2D eigenvalue weighted by Gasteiger charge is 2.27. The molecule has 2 fully saturated rings. The lowest BCUT2D eigenvalue weighted by Gasteiger charge is -2.30. The van der Waals surface area contributed by atoms with Gasteiger partial charge in [-0.1, -0.05) is 0 Å². The molecule has 0 bridgehead atoms. The molecule has 2 saturated heterocycles. The summed E-state index contributed by atoms with van der Waals surface area (Å²) in [4.78, 5) is 16.1. The largest absolute Gasteiger partial charge is 0.378 e. The summed E-state index contributed by atoms with van der Waals surface area (Å²) in [5.74, 6) is 0.226. The summed E-state index contributed by atoms with van der Waals surface area (Å²) < 4.78 is 5.23. The maximum Gasteiger partial charge on any atom is 0.236 e. The number of carbonyl (C=O) groups is 1. The van der Waals surface area contributed by atoms with Crippen molar-refractivity contribution in [2.45, 2.75) is 18.9 Å². The summed E-state index contributed by atoms with van der Waals surface area (Å²) in [5.41, 5.74) is 5.69. The van der Waals surface area contributed by atoms with Crippen molar-refractivity contribution in [2.24, 2.45) is 5.73 Å². The van der Waals surface area contributed by atoms with Crippen molar-refractivity contribution in [3.8, 4) is 0 Å². The first-order chi connectivity index (χ1) is 7.81. The molecule has 1 amide bonds. The Kier molecular flexibility index (Phi) is 6.19. The topological polar surface area (TPSA) is 58.8 Å². The van der Waals surface area contributed by atoms with E-state index in [2.05, 4.69) is 4.90 Å². The third kappa shape index (κ3) is 3.81. The third-order valence-electron chi connectivity index (χ3n) is 3.47. The molecule has 0 radical (unpaired) electrons. The van der Waals surface area contributed by atoms with Gasteiger partial charge >= 0.3 is 0 Å². The van der Waals surface area contributed by atoms with Crippen LogP contribution in [0, 0.1) is 0 Å². The molecule has 2 aliphatic heterocycles. The van der Waals surface area contributed by atoms with Gasteiger partial charge in [0.15, 0.2) is 0 Å². The summed E-state index contributed by atoms with van der Waals surface area (Å²) >= 11 is 0. The highest BCUT2D eigenvalue weighted by atomic mass is 35.5. The number of amides is 1. The van der Waals surface area contributed by atoms with Gasteiger partial charge < -0.3 is 15.4 Å². The maximum atomic E-state index is 12.0. The lowest BCUT2D eigenvalue weighted by molar-refractivity contribution is -0.136. The Labute approximate surface area is 109 Å². The molecule has 0 aromatic carbocycles. The molecule has 2 aliphatic rings. The van der Waals surface area contributed by atoms with E-state index in [9.17, 15) is 4.79 Å². The van der Waals surface area contributed by atoms with E-state index in [1.807, 2.05) is 4.90 Å². The summed E-state index contributed by atoms with van der Waals surface area (Å²) in [7, 11) is 0. The van der Waals surface area contributed by atoms with E-state index in [0.29, 0.717) is 32.3 Å². The second kappa shape index (κ2) is 7.16. The second-order valence-corrected chi connectivity index (χ2v) is 4.50. The van der Waals surface area contributed by atoms with Gasteiger partial charge in [-0.25, -0.2) is 0 Å². The normalized spacial score (nSPS) is 25.7. The minimum absolute atomic E-state index is 0. The van der Waals surface area contributed by atoms with Crippen LogP contribution < -0.4 is 5.73 Å². The van der Waals surface area contributed by atoms with E-state index < -0.39 is 0 Å². The van der Waals surface area contributed by atoms with Crippen molar-refractivity contribution in [2.75, 3.05) is 45.9 Å². The number of halogens is 1. The van der Waals surface area contributed by atoms with E-state index in [1.54, 1.807) is 0 Å². The van der Waals surface area contributed by atoms with Crippen LogP contribution in [0.1, 0.15) is 12.8 Å². The first kappa shape index (κ1) is 14.7. The lowest BCUT2D eigenvalue weighted by Crippen LogP contribution is -2.47. The highest BCUT2D eigenvalue weighted by Crippen LogP contribution is 2.16. The predicted molar refractivity (Wildman–Crippen MR) is 68.3 cm³/mol. The minimum atomic E-state index is 0. The van der Waals surface area contributed by atoms with Crippen LogP contribution in [0.2, 0.25) is 0 Å². The SMILES string of the molecule is Cl.NCC1CCCN1CC(=O)N1CCOCC1. The van der Waals surface area contributed by atoms with Crippen molar-refractivity contribution < 1.29 is 9.53 Å². The van der Waals surface area contributed by atoms with Gasteiger partial charge in [-0.15, -0.1) is 12.4 Å². The number of rotatable bonds is 3. The number of hydrogen-bond donors (Lipinski definition) is 1. The van der Waals surface area contributed by atoms with Crippen LogP contribution in [0.4, 0.5) is 0 Å². The molecule has 1 unspecified atom stereocenters. The number of ether oxygens (including phenoxy) is 1. The molecule has 0 spiro atoms. The fourth-order valence-electron chi connectivity index (χ4n) is 2.46. The van der Waals surface area contributed by atoms with E-state index in [4.69, 9.17) is 10.5 Å². The molecule has 6 heteroatoms. The summed E-state index contributed by atoms with van der Waals surface area (Å²) in [5, 5.41) is 0. The molecule has 1 atom stereocenters. The van der Waals surface area contributed by atoms with Crippen LogP contribution in [-0.2, 0) is 9.53 Å². The molecule has 2 rings (SSSR count). The highest BCUT2D eigenvalue weighted by molar-refractivity contribution is 5.85. The average molecular weight is 264 g/mol. The maximum absolute atomic E-state index is 12.0. The Balaban J connectivity index is 0.00000144. The Morgan fingerprint density at radius 1 is 1.29 bits per heavy atom. The molecule has 100 valence electrons. The molecule has 17 heavy (non-hydrogen) atoms. The van der Waals surface area contributed by atoms with E-state index >= 15 is 0 Å². The number of hydrogen-bond acceptors (Lipinski definition) is 4. The fraction of sp³-hybridized carbons (Fsp3) is 0.909. The molecule has 0 saturated carbocycles. The molecule has 2 N–H and O–H groups in total. The number of nitrogens with two attached hydrogens (primary N) is 1. The number of carbonyl (C=O) groups excluding carboxylic acids is 1. The molecule has 2 heterocycles. The van der Waals surface area contributed by atoms with Crippen molar-refractivity contribution >= 4 is 18.3 Å². The van der Waals surface area contributed by atoms with Gasteiger partial charge in [0, 0.05) is 25.7 Å². The van der Waals surface area contributed by atoms with Crippen LogP contribution in [0.15, 0.2) is 0 Å². The fourth-order valence-corrected chi connectivity index (χ4v) is 2.46. The standard InChI is InChI=1S/C11H21N3O2.ClH/c12-8-10-2-1-3-14(10)9-11(15)13-4-6-16-7-5-13;/h10H,1-9,12H2;1H. The second-order valence-electron chi connectivity index (χ2n) is 4.50. The van der Waals surface area contributed by atoms with Crippen molar-refractivity contribution in [3.63, 3.8) is 0 Å². The van der Waals surface area contributed by atoms with Gasteiger partial charge in [-0.3, -0.25) is 9.69 Å². The smallest absolute Gasteiger partial charge is 0.236 e. The molecular weight excluding hydrogens is 242 g/mol. The van der Waals surface area contributed by atoms with Crippen LogP contribution in [-0.4, -0.2) is 67.7 Å². The summed E-state index contributed by atoms with van der Waals surface area (Å²) in [6.07, 6.45) is 2.30. The Morgan fingerprint density at radius 2 is 2.00 bits per heavy atom. The first-order valence-electron chi connectivity index (χ1n) is 6.11. The number of nitrogens with zero attached hydrogens (tertiary/aromatic N) is 2. The Hall–Kier alpha value is -0.360. The molecule has 0 aromatic heterocycles. The third-order valence-corrected chi connectivity index (χ3v) is 3.47. The van der Waals surface area contributed by atoms with Gasteiger partial charge in [-0.2, -0.15) is 0 Å². The van der Waals surface area contributed by atoms with Crippen LogP contribution in [0.3, 0.4) is 0 Å². The van der Waals surface area contributed by atoms with E-state index in [0.717, 1.165) is 32.5 Å².